The van der Waals surface area contributed by atoms with Crippen molar-refractivity contribution in [3.05, 3.63) is 0 Å². The predicted molar refractivity (Wildman–Crippen MR) is 67.2 cm³/mol. The monoisotopic (exact) mass is 229 g/mol. The fourth-order valence-corrected chi connectivity index (χ4v) is 1.32. The topological polar surface area (TPSA) is 49.3 Å². The summed E-state index contributed by atoms with van der Waals surface area (Å²) in [6, 6.07) is 0. The molecule has 96 valence electrons. The van der Waals surface area contributed by atoms with Crippen LogP contribution in [-0.4, -0.2) is 23.7 Å². The second-order valence-electron chi connectivity index (χ2n) is 5.50. The number of aliphatic hydroxyl groups is 1. The van der Waals surface area contributed by atoms with E-state index < -0.39 is 6.10 Å². The summed E-state index contributed by atoms with van der Waals surface area (Å²) in [5.41, 5.74) is -0.171. The van der Waals surface area contributed by atoms with Gasteiger partial charge in [-0.3, -0.25) is 4.79 Å². The molecule has 1 unspecified atom stereocenters. The molecule has 0 saturated heterocycles. The van der Waals surface area contributed by atoms with Gasteiger partial charge in [0.05, 0.1) is 6.10 Å². The van der Waals surface area contributed by atoms with E-state index in [1.54, 1.807) is 0 Å². The van der Waals surface area contributed by atoms with Gasteiger partial charge < -0.3 is 10.4 Å². The molecular formula is C13H27NO2. The van der Waals surface area contributed by atoms with Crippen LogP contribution in [0.5, 0.6) is 0 Å². The summed E-state index contributed by atoms with van der Waals surface area (Å²) >= 11 is 0. The van der Waals surface area contributed by atoms with Gasteiger partial charge in [0, 0.05) is 13.0 Å². The molecule has 1 amide bonds. The highest BCUT2D eigenvalue weighted by atomic mass is 16.3. The largest absolute Gasteiger partial charge is 0.391 e. The van der Waals surface area contributed by atoms with E-state index in [2.05, 4.69) is 12.2 Å². The molecule has 0 aromatic heterocycles. The summed E-state index contributed by atoms with van der Waals surface area (Å²) in [6.45, 7) is 8.40. The molecule has 0 rings (SSSR count). The Labute approximate surface area is 99.6 Å². The average molecular weight is 229 g/mol. The Morgan fingerprint density at radius 1 is 1.25 bits per heavy atom. The molecular weight excluding hydrogens is 202 g/mol. The maximum absolute atomic E-state index is 11.4. The van der Waals surface area contributed by atoms with Gasteiger partial charge in [-0.1, -0.05) is 47.0 Å². The van der Waals surface area contributed by atoms with E-state index in [4.69, 9.17) is 0 Å². The standard InChI is InChI=1S/C13H27NO2/c1-5-6-7-8-9-12(16)14-10-11(15)13(2,3)4/h11,15H,5-10H2,1-4H3,(H,14,16). The minimum absolute atomic E-state index is 0.0550. The Bertz CT molecular complexity index is 197. The minimum atomic E-state index is -0.480. The van der Waals surface area contributed by atoms with E-state index in [1.807, 2.05) is 20.8 Å². The highest BCUT2D eigenvalue weighted by Gasteiger charge is 2.22. The fourth-order valence-electron chi connectivity index (χ4n) is 1.32. The zero-order valence-electron chi connectivity index (χ0n) is 11.2. The number of aliphatic hydroxyl groups excluding tert-OH is 1. The van der Waals surface area contributed by atoms with Crippen LogP contribution in [0.2, 0.25) is 0 Å². The molecule has 0 saturated carbocycles. The number of hydrogen-bond acceptors (Lipinski definition) is 2. The molecule has 3 heteroatoms. The van der Waals surface area contributed by atoms with Crippen molar-refractivity contribution >= 4 is 5.91 Å². The maximum Gasteiger partial charge on any atom is 0.220 e. The van der Waals surface area contributed by atoms with E-state index in [-0.39, 0.29) is 11.3 Å². The lowest BCUT2D eigenvalue weighted by atomic mass is 9.89. The lowest BCUT2D eigenvalue weighted by Crippen LogP contribution is -2.39. The maximum atomic E-state index is 11.4. The molecule has 0 fully saturated rings. The third-order valence-corrected chi connectivity index (χ3v) is 2.75. The van der Waals surface area contributed by atoms with Crippen LogP contribution in [-0.2, 0) is 4.79 Å². The molecule has 0 aliphatic carbocycles. The van der Waals surface area contributed by atoms with Crippen LogP contribution >= 0.6 is 0 Å². The molecule has 0 aromatic rings. The van der Waals surface area contributed by atoms with Gasteiger partial charge in [0.1, 0.15) is 0 Å². The molecule has 0 aromatic carbocycles. The number of carbonyl (C=O) groups excluding carboxylic acids is 1. The average Bonchev–Trinajstić information content (AvgIpc) is 2.19. The molecule has 3 nitrogen and oxygen atoms in total. The zero-order valence-corrected chi connectivity index (χ0v) is 11.2. The number of hydrogen-bond donors (Lipinski definition) is 2. The van der Waals surface area contributed by atoms with E-state index in [9.17, 15) is 9.90 Å². The summed E-state index contributed by atoms with van der Waals surface area (Å²) in [7, 11) is 0. The Morgan fingerprint density at radius 2 is 1.88 bits per heavy atom. The predicted octanol–water partition coefficient (Wildman–Crippen LogP) is 2.48. The second-order valence-corrected chi connectivity index (χ2v) is 5.50. The Morgan fingerprint density at radius 3 is 2.38 bits per heavy atom. The molecule has 0 radical (unpaired) electrons. The van der Waals surface area contributed by atoms with E-state index in [0.717, 1.165) is 12.8 Å². The number of unbranched alkanes of at least 4 members (excludes halogenated alkanes) is 3. The van der Waals surface area contributed by atoms with Crippen LogP contribution in [0.3, 0.4) is 0 Å². The van der Waals surface area contributed by atoms with Crippen molar-refractivity contribution in [1.82, 2.24) is 5.32 Å². The van der Waals surface area contributed by atoms with Crippen LogP contribution < -0.4 is 5.32 Å². The quantitative estimate of drug-likeness (QED) is 0.659. The number of nitrogens with one attached hydrogen (secondary N) is 1. The highest BCUT2D eigenvalue weighted by Crippen LogP contribution is 2.18. The fraction of sp³-hybridized carbons (Fsp3) is 0.923. The van der Waals surface area contributed by atoms with Gasteiger partial charge in [0.15, 0.2) is 0 Å². The molecule has 0 heterocycles. The van der Waals surface area contributed by atoms with Gasteiger partial charge in [-0.15, -0.1) is 0 Å². The Kier molecular flexibility index (Phi) is 7.39. The van der Waals surface area contributed by atoms with Crippen LogP contribution in [0.25, 0.3) is 0 Å². The molecule has 0 aliphatic heterocycles. The van der Waals surface area contributed by atoms with Crippen molar-refractivity contribution in [3.63, 3.8) is 0 Å². The lowest BCUT2D eigenvalue weighted by molar-refractivity contribution is -0.122. The van der Waals surface area contributed by atoms with Gasteiger partial charge in [0.2, 0.25) is 5.91 Å². The van der Waals surface area contributed by atoms with E-state index >= 15 is 0 Å². The first-order valence-corrected chi connectivity index (χ1v) is 6.32. The van der Waals surface area contributed by atoms with Crippen LogP contribution in [0.4, 0.5) is 0 Å². The van der Waals surface area contributed by atoms with Crippen LogP contribution in [0.15, 0.2) is 0 Å². The normalized spacial score (nSPS) is 13.6. The van der Waals surface area contributed by atoms with Crippen molar-refractivity contribution < 1.29 is 9.90 Å². The van der Waals surface area contributed by atoms with Crippen molar-refractivity contribution in [2.24, 2.45) is 5.41 Å². The SMILES string of the molecule is CCCCCCC(=O)NCC(O)C(C)(C)C. The first-order valence-electron chi connectivity index (χ1n) is 6.32. The molecule has 0 aliphatic rings. The number of carbonyl (C=O) groups is 1. The summed E-state index contributed by atoms with van der Waals surface area (Å²) in [4.78, 5) is 11.4. The third kappa shape index (κ3) is 7.69. The van der Waals surface area contributed by atoms with E-state index in [1.165, 1.54) is 12.8 Å². The minimum Gasteiger partial charge on any atom is -0.391 e. The van der Waals surface area contributed by atoms with Crippen LogP contribution in [0, 0.1) is 5.41 Å². The molecule has 0 spiro atoms. The first-order chi connectivity index (χ1) is 7.38. The Hall–Kier alpha value is -0.570. The van der Waals surface area contributed by atoms with Gasteiger partial charge in [-0.2, -0.15) is 0 Å². The van der Waals surface area contributed by atoms with Crippen molar-refractivity contribution in [2.75, 3.05) is 6.54 Å². The zero-order chi connectivity index (χ0) is 12.6. The number of rotatable bonds is 7. The van der Waals surface area contributed by atoms with Crippen molar-refractivity contribution in [3.8, 4) is 0 Å². The molecule has 0 bridgehead atoms. The third-order valence-electron chi connectivity index (χ3n) is 2.75. The van der Waals surface area contributed by atoms with Crippen LogP contribution in [0.1, 0.15) is 59.8 Å². The van der Waals surface area contributed by atoms with Gasteiger partial charge in [-0.05, 0) is 11.8 Å². The lowest BCUT2D eigenvalue weighted by Gasteiger charge is -2.25. The van der Waals surface area contributed by atoms with Gasteiger partial charge in [0.25, 0.3) is 0 Å². The molecule has 2 N–H and O–H groups in total. The number of amides is 1. The Balaban J connectivity index is 3.58. The summed E-state index contributed by atoms with van der Waals surface area (Å²) in [6.07, 6.45) is 4.54. The van der Waals surface area contributed by atoms with Gasteiger partial charge >= 0.3 is 0 Å². The van der Waals surface area contributed by atoms with Gasteiger partial charge in [-0.25, -0.2) is 0 Å². The molecule has 16 heavy (non-hydrogen) atoms. The molecule has 1 atom stereocenters. The van der Waals surface area contributed by atoms with E-state index in [0.29, 0.717) is 13.0 Å². The summed E-state index contributed by atoms with van der Waals surface area (Å²) in [5.74, 6) is 0.0550. The van der Waals surface area contributed by atoms with Crippen molar-refractivity contribution in [1.29, 1.82) is 0 Å². The smallest absolute Gasteiger partial charge is 0.220 e. The first kappa shape index (κ1) is 15.4. The summed E-state index contributed by atoms with van der Waals surface area (Å²) in [5, 5.41) is 12.5. The highest BCUT2D eigenvalue weighted by molar-refractivity contribution is 5.75. The second kappa shape index (κ2) is 7.66. The van der Waals surface area contributed by atoms with Crippen molar-refractivity contribution in [2.45, 2.75) is 65.9 Å². The summed E-state index contributed by atoms with van der Waals surface area (Å²) < 4.78 is 0.